The van der Waals surface area contributed by atoms with Crippen LogP contribution in [0.15, 0.2) is 54.7 Å². The summed E-state index contributed by atoms with van der Waals surface area (Å²) in [6.07, 6.45) is 6.30. The second-order valence-electron chi connectivity index (χ2n) is 8.84. The SMILES string of the molecule is O=C(NC1CCCC1)c1cc2nc(-n3ccc(-c4ccccc4)n3)cc(N3CCOCC3)n2n1. The summed E-state index contributed by atoms with van der Waals surface area (Å²) in [7, 11) is 0. The number of nitrogens with one attached hydrogen (secondary N) is 1. The van der Waals surface area contributed by atoms with E-state index in [1.807, 2.05) is 48.7 Å². The van der Waals surface area contributed by atoms with Crippen LogP contribution in [0.4, 0.5) is 5.82 Å². The van der Waals surface area contributed by atoms with E-state index in [0.29, 0.717) is 30.4 Å². The summed E-state index contributed by atoms with van der Waals surface area (Å²) < 4.78 is 9.09. The van der Waals surface area contributed by atoms with Gasteiger partial charge in [0.2, 0.25) is 0 Å². The fourth-order valence-corrected chi connectivity index (χ4v) is 4.74. The number of aromatic nitrogens is 5. The second kappa shape index (κ2) is 8.90. The first-order valence-corrected chi connectivity index (χ1v) is 11.9. The van der Waals surface area contributed by atoms with Gasteiger partial charge in [-0.15, -0.1) is 0 Å². The van der Waals surface area contributed by atoms with Crippen LogP contribution >= 0.6 is 0 Å². The molecule has 9 nitrogen and oxygen atoms in total. The molecule has 4 heterocycles. The number of benzene rings is 1. The van der Waals surface area contributed by atoms with Crippen LogP contribution in [0.2, 0.25) is 0 Å². The third kappa shape index (κ3) is 4.03. The fraction of sp³-hybridized carbons (Fsp3) is 0.360. The molecule has 0 atom stereocenters. The first-order chi connectivity index (χ1) is 16.7. The van der Waals surface area contributed by atoms with Gasteiger partial charge in [-0.1, -0.05) is 43.2 Å². The van der Waals surface area contributed by atoms with Crippen LogP contribution in [0.5, 0.6) is 0 Å². The van der Waals surface area contributed by atoms with Crippen molar-refractivity contribution in [3.63, 3.8) is 0 Å². The number of carbonyl (C=O) groups is 1. The summed E-state index contributed by atoms with van der Waals surface area (Å²) in [5.41, 5.74) is 2.93. The smallest absolute Gasteiger partial charge is 0.272 e. The highest BCUT2D eigenvalue weighted by Gasteiger charge is 2.23. The van der Waals surface area contributed by atoms with Gasteiger partial charge in [-0.2, -0.15) is 14.7 Å². The maximum atomic E-state index is 12.9. The van der Waals surface area contributed by atoms with E-state index in [9.17, 15) is 4.79 Å². The second-order valence-corrected chi connectivity index (χ2v) is 8.84. The lowest BCUT2D eigenvalue weighted by molar-refractivity contribution is 0.0932. The van der Waals surface area contributed by atoms with Crippen LogP contribution in [-0.4, -0.2) is 62.6 Å². The van der Waals surface area contributed by atoms with E-state index in [0.717, 1.165) is 55.8 Å². The molecule has 1 saturated heterocycles. The molecule has 9 heteroatoms. The Labute approximate surface area is 197 Å². The number of fused-ring (bicyclic) bond motifs is 1. The van der Waals surface area contributed by atoms with Gasteiger partial charge in [0.15, 0.2) is 17.2 Å². The van der Waals surface area contributed by atoms with Crippen LogP contribution in [0.1, 0.15) is 36.2 Å². The molecule has 34 heavy (non-hydrogen) atoms. The van der Waals surface area contributed by atoms with Crippen LogP contribution in [0.3, 0.4) is 0 Å². The van der Waals surface area contributed by atoms with Gasteiger partial charge in [-0.25, -0.2) is 9.67 Å². The molecule has 1 aromatic carbocycles. The van der Waals surface area contributed by atoms with Crippen molar-refractivity contribution < 1.29 is 9.53 Å². The Morgan fingerprint density at radius 2 is 1.79 bits per heavy atom. The van der Waals surface area contributed by atoms with Crippen molar-refractivity contribution in [3.05, 3.63) is 60.4 Å². The first kappa shape index (κ1) is 20.9. The minimum absolute atomic E-state index is 0.141. The molecule has 1 saturated carbocycles. The number of hydrogen-bond donors (Lipinski definition) is 1. The van der Waals surface area contributed by atoms with Gasteiger partial charge in [-0.3, -0.25) is 4.79 Å². The highest BCUT2D eigenvalue weighted by atomic mass is 16.5. The molecule has 2 aliphatic rings. The van der Waals surface area contributed by atoms with Gasteiger partial charge in [-0.05, 0) is 18.9 Å². The minimum atomic E-state index is -0.141. The highest BCUT2D eigenvalue weighted by Crippen LogP contribution is 2.24. The standard InChI is InChI=1S/C25H27N7O2/c33-25(26-19-8-4-5-9-19)21-16-23-27-22(17-24(32(23)29-21)30-12-14-34-15-13-30)31-11-10-20(28-31)18-6-2-1-3-7-18/h1-3,6-7,10-11,16-17,19H,4-5,8-9,12-15H2,(H,26,33). The molecule has 0 spiro atoms. The quantitative estimate of drug-likeness (QED) is 0.495. The predicted molar refractivity (Wildman–Crippen MR) is 128 cm³/mol. The number of amides is 1. The third-order valence-corrected chi connectivity index (χ3v) is 6.55. The zero-order valence-electron chi connectivity index (χ0n) is 18.9. The largest absolute Gasteiger partial charge is 0.378 e. The van der Waals surface area contributed by atoms with Crippen molar-refractivity contribution in [1.29, 1.82) is 0 Å². The van der Waals surface area contributed by atoms with Crippen LogP contribution in [0.25, 0.3) is 22.7 Å². The molecule has 6 rings (SSSR count). The van der Waals surface area contributed by atoms with E-state index >= 15 is 0 Å². The fourth-order valence-electron chi connectivity index (χ4n) is 4.74. The summed E-state index contributed by atoms with van der Waals surface area (Å²) in [5, 5.41) is 12.5. The van der Waals surface area contributed by atoms with Crippen molar-refractivity contribution in [2.75, 3.05) is 31.2 Å². The van der Waals surface area contributed by atoms with E-state index in [4.69, 9.17) is 14.8 Å². The number of hydrogen-bond acceptors (Lipinski definition) is 6. The minimum Gasteiger partial charge on any atom is -0.378 e. The lowest BCUT2D eigenvalue weighted by atomic mass is 10.2. The van der Waals surface area contributed by atoms with Gasteiger partial charge in [0, 0.05) is 43.0 Å². The number of nitrogens with zero attached hydrogens (tertiary/aromatic N) is 6. The van der Waals surface area contributed by atoms with Gasteiger partial charge in [0.25, 0.3) is 5.91 Å². The molecular weight excluding hydrogens is 430 g/mol. The Hall–Kier alpha value is -3.72. The van der Waals surface area contributed by atoms with Crippen molar-refractivity contribution >= 4 is 17.4 Å². The molecule has 1 aliphatic heterocycles. The molecule has 1 amide bonds. The molecule has 0 unspecified atom stereocenters. The molecule has 0 radical (unpaired) electrons. The zero-order valence-corrected chi connectivity index (χ0v) is 18.9. The van der Waals surface area contributed by atoms with Crippen LogP contribution in [-0.2, 0) is 4.74 Å². The number of ether oxygens (including phenoxy) is 1. The first-order valence-electron chi connectivity index (χ1n) is 11.9. The van der Waals surface area contributed by atoms with E-state index in [-0.39, 0.29) is 11.9 Å². The number of morpholine rings is 1. The van der Waals surface area contributed by atoms with E-state index in [2.05, 4.69) is 15.3 Å². The van der Waals surface area contributed by atoms with Crippen molar-refractivity contribution in [2.45, 2.75) is 31.7 Å². The molecule has 0 bridgehead atoms. The Morgan fingerprint density at radius 1 is 1.00 bits per heavy atom. The average molecular weight is 458 g/mol. The Kier molecular flexibility index (Phi) is 5.46. The lowest BCUT2D eigenvalue weighted by Crippen LogP contribution is -2.37. The Bertz CT molecular complexity index is 1300. The molecular formula is C25H27N7O2. The highest BCUT2D eigenvalue weighted by molar-refractivity contribution is 5.93. The summed E-state index contributed by atoms with van der Waals surface area (Å²) in [6, 6.07) is 16.0. The molecule has 4 aromatic rings. The van der Waals surface area contributed by atoms with E-state index < -0.39 is 0 Å². The molecule has 3 aromatic heterocycles. The van der Waals surface area contributed by atoms with Crippen molar-refractivity contribution in [1.82, 2.24) is 29.7 Å². The topological polar surface area (TPSA) is 89.6 Å². The molecule has 174 valence electrons. The Balaban J connectivity index is 1.39. The average Bonchev–Trinajstić information content (AvgIpc) is 3.65. The summed E-state index contributed by atoms with van der Waals surface area (Å²) in [5.74, 6) is 1.41. The van der Waals surface area contributed by atoms with E-state index in [1.165, 1.54) is 0 Å². The molecule has 2 fully saturated rings. The Morgan fingerprint density at radius 3 is 2.59 bits per heavy atom. The third-order valence-electron chi connectivity index (χ3n) is 6.55. The van der Waals surface area contributed by atoms with Gasteiger partial charge >= 0.3 is 0 Å². The van der Waals surface area contributed by atoms with Crippen LogP contribution < -0.4 is 10.2 Å². The number of rotatable bonds is 5. The van der Waals surface area contributed by atoms with Crippen molar-refractivity contribution in [3.8, 4) is 17.1 Å². The maximum Gasteiger partial charge on any atom is 0.272 e. The summed E-state index contributed by atoms with van der Waals surface area (Å²) >= 11 is 0. The summed E-state index contributed by atoms with van der Waals surface area (Å²) in [6.45, 7) is 2.79. The van der Waals surface area contributed by atoms with Crippen molar-refractivity contribution in [2.24, 2.45) is 0 Å². The normalized spacial score (nSPS) is 16.9. The van der Waals surface area contributed by atoms with Crippen LogP contribution in [0, 0.1) is 0 Å². The van der Waals surface area contributed by atoms with Gasteiger partial charge < -0.3 is 15.0 Å². The maximum absolute atomic E-state index is 12.9. The summed E-state index contributed by atoms with van der Waals surface area (Å²) in [4.78, 5) is 19.9. The predicted octanol–water partition coefficient (Wildman–Crippen LogP) is 3.09. The van der Waals surface area contributed by atoms with Gasteiger partial charge in [0.05, 0.1) is 18.9 Å². The van der Waals surface area contributed by atoms with E-state index in [1.54, 1.807) is 15.3 Å². The monoisotopic (exact) mass is 457 g/mol. The molecule has 1 N–H and O–H groups in total. The zero-order chi connectivity index (χ0) is 22.9. The number of anilines is 1. The molecule has 1 aliphatic carbocycles. The lowest BCUT2D eigenvalue weighted by Gasteiger charge is -2.29. The van der Waals surface area contributed by atoms with Gasteiger partial charge in [0.1, 0.15) is 5.82 Å². The number of carbonyl (C=O) groups excluding carboxylic acids is 1.